The number of nitrogens with zero attached hydrogens (tertiary/aromatic N) is 4. The molecule has 0 spiro atoms. The van der Waals surface area contributed by atoms with Crippen LogP contribution in [-0.4, -0.2) is 51.7 Å². The van der Waals surface area contributed by atoms with Gasteiger partial charge < -0.3 is 15.0 Å². The van der Waals surface area contributed by atoms with Crippen LogP contribution >= 0.6 is 0 Å². The Morgan fingerprint density at radius 1 is 1.22 bits per heavy atom. The van der Waals surface area contributed by atoms with E-state index in [0.29, 0.717) is 34.5 Å². The van der Waals surface area contributed by atoms with Gasteiger partial charge >= 0.3 is 0 Å². The highest BCUT2D eigenvalue weighted by molar-refractivity contribution is 6.08. The zero-order valence-corrected chi connectivity index (χ0v) is 18.2. The number of halogens is 3. The second-order valence-electron chi connectivity index (χ2n) is 7.85. The number of rotatable bonds is 4. The van der Waals surface area contributed by atoms with Gasteiger partial charge in [-0.25, -0.2) is 18.2 Å². The standard InChI is InChI=1S/C23H17F3N6O3.CH4/c1-32-20-12-3-2-6-27-16(12)4-5-18(20)35-10-17(23(32)34)28-22(33)21-29-19(30-31-21)9-13-14(25)7-11(24)8-15(13)26;/h2-8,17H,9-10H2,1H3,(H,28,33)(H,29,30,31);1H4/t17-;/m0./s1. The number of fused-ring (bicyclic) bond motifs is 3. The molecule has 1 aliphatic rings. The molecule has 0 fully saturated rings. The number of anilines is 1. The molecule has 1 atom stereocenters. The Hall–Kier alpha value is -4.48. The van der Waals surface area contributed by atoms with Crippen molar-refractivity contribution in [2.24, 2.45) is 0 Å². The average molecular weight is 498 g/mol. The fraction of sp³-hybridized carbons (Fsp3) is 0.208. The maximum atomic E-state index is 13.9. The minimum absolute atomic E-state index is 0. The summed E-state index contributed by atoms with van der Waals surface area (Å²) in [4.78, 5) is 35.5. The van der Waals surface area contributed by atoms with Crippen LogP contribution < -0.4 is 15.0 Å². The maximum Gasteiger partial charge on any atom is 0.291 e. The number of aromatic nitrogens is 4. The van der Waals surface area contributed by atoms with Crippen molar-refractivity contribution < 1.29 is 27.5 Å². The molecular weight excluding hydrogens is 477 g/mol. The summed E-state index contributed by atoms with van der Waals surface area (Å²) < 4.78 is 46.8. The summed E-state index contributed by atoms with van der Waals surface area (Å²) in [5.41, 5.74) is 0.781. The number of carbonyl (C=O) groups is 2. The van der Waals surface area contributed by atoms with E-state index in [-0.39, 0.29) is 32.1 Å². The SMILES string of the molecule is C.CN1C(=O)[C@@H](NC(=O)c2n[nH]c(Cc3c(F)cc(F)cc3F)n2)COc2ccc3ncccc3c21. The molecule has 186 valence electrons. The van der Waals surface area contributed by atoms with E-state index in [2.05, 4.69) is 25.5 Å². The molecule has 2 amide bonds. The lowest BCUT2D eigenvalue weighted by molar-refractivity contribution is -0.120. The average Bonchev–Trinajstić information content (AvgIpc) is 3.27. The van der Waals surface area contributed by atoms with Crippen LogP contribution in [0.25, 0.3) is 10.9 Å². The van der Waals surface area contributed by atoms with Crippen molar-refractivity contribution in [3.05, 3.63) is 77.3 Å². The first-order valence-electron chi connectivity index (χ1n) is 10.5. The van der Waals surface area contributed by atoms with Crippen LogP contribution in [0.5, 0.6) is 5.75 Å². The van der Waals surface area contributed by atoms with Crippen molar-refractivity contribution in [3.8, 4) is 5.75 Å². The fourth-order valence-corrected chi connectivity index (χ4v) is 3.88. The topological polar surface area (TPSA) is 113 Å². The second kappa shape index (κ2) is 9.64. The highest BCUT2D eigenvalue weighted by atomic mass is 19.1. The molecule has 36 heavy (non-hydrogen) atoms. The van der Waals surface area contributed by atoms with Gasteiger partial charge in [0.2, 0.25) is 5.82 Å². The minimum Gasteiger partial charge on any atom is -0.489 e. The van der Waals surface area contributed by atoms with Crippen LogP contribution in [0.2, 0.25) is 0 Å². The van der Waals surface area contributed by atoms with E-state index < -0.39 is 40.9 Å². The van der Waals surface area contributed by atoms with Gasteiger partial charge in [-0.2, -0.15) is 0 Å². The number of H-pyrrole nitrogens is 1. The van der Waals surface area contributed by atoms with E-state index in [4.69, 9.17) is 4.74 Å². The van der Waals surface area contributed by atoms with Gasteiger partial charge in [0, 0.05) is 42.7 Å². The van der Waals surface area contributed by atoms with Crippen LogP contribution in [0, 0.1) is 17.5 Å². The molecular formula is C24H21F3N6O3. The van der Waals surface area contributed by atoms with E-state index >= 15 is 0 Å². The zero-order chi connectivity index (χ0) is 24.7. The highest BCUT2D eigenvalue weighted by Gasteiger charge is 2.32. The summed E-state index contributed by atoms with van der Waals surface area (Å²) in [5.74, 6) is -4.34. The van der Waals surface area contributed by atoms with Gasteiger partial charge in [0.1, 0.15) is 41.7 Å². The van der Waals surface area contributed by atoms with Gasteiger partial charge in [-0.3, -0.25) is 19.7 Å². The van der Waals surface area contributed by atoms with Crippen molar-refractivity contribution >= 4 is 28.4 Å². The molecule has 3 heterocycles. The molecule has 12 heteroatoms. The number of benzene rings is 2. The molecule has 0 radical (unpaired) electrons. The van der Waals surface area contributed by atoms with Crippen LogP contribution in [0.4, 0.5) is 18.9 Å². The predicted molar refractivity (Wildman–Crippen MR) is 124 cm³/mol. The van der Waals surface area contributed by atoms with E-state index in [1.165, 1.54) is 4.90 Å². The van der Waals surface area contributed by atoms with E-state index in [1.807, 2.05) is 6.07 Å². The summed E-state index contributed by atoms with van der Waals surface area (Å²) in [6, 6.07) is 7.08. The normalized spacial score (nSPS) is 15.1. The molecule has 0 unspecified atom stereocenters. The Morgan fingerprint density at radius 3 is 2.72 bits per heavy atom. The zero-order valence-electron chi connectivity index (χ0n) is 18.2. The van der Waals surface area contributed by atoms with Crippen LogP contribution in [0.1, 0.15) is 29.4 Å². The van der Waals surface area contributed by atoms with Crippen molar-refractivity contribution in [3.63, 3.8) is 0 Å². The number of carbonyl (C=O) groups excluding carboxylic acids is 2. The molecule has 0 bridgehead atoms. The Kier molecular flexibility index (Phi) is 6.60. The van der Waals surface area contributed by atoms with Crippen LogP contribution in [-0.2, 0) is 11.2 Å². The Bertz CT molecular complexity index is 1450. The molecule has 0 saturated heterocycles. The van der Waals surface area contributed by atoms with Gasteiger partial charge in [-0.15, -0.1) is 5.10 Å². The number of aromatic amines is 1. The van der Waals surface area contributed by atoms with E-state index in [0.717, 1.165) is 0 Å². The predicted octanol–water partition coefficient (Wildman–Crippen LogP) is 3.15. The molecule has 4 aromatic rings. The number of hydrogen-bond donors (Lipinski definition) is 2. The largest absolute Gasteiger partial charge is 0.489 e. The number of amides is 2. The van der Waals surface area contributed by atoms with Crippen molar-refractivity contribution in [1.82, 2.24) is 25.5 Å². The first-order chi connectivity index (χ1) is 16.8. The quantitative estimate of drug-likeness (QED) is 0.447. The number of hydrogen-bond acceptors (Lipinski definition) is 6. The Labute approximate surface area is 203 Å². The highest BCUT2D eigenvalue weighted by Crippen LogP contribution is 2.37. The van der Waals surface area contributed by atoms with Gasteiger partial charge in [0.05, 0.1) is 11.2 Å². The number of nitrogens with one attached hydrogen (secondary N) is 2. The lowest BCUT2D eigenvalue weighted by Gasteiger charge is -2.21. The molecule has 0 aliphatic carbocycles. The Morgan fingerprint density at radius 2 is 1.97 bits per heavy atom. The van der Waals surface area contributed by atoms with Crippen LogP contribution in [0.15, 0.2) is 42.6 Å². The van der Waals surface area contributed by atoms with Gasteiger partial charge in [0.15, 0.2) is 0 Å². The summed E-state index contributed by atoms with van der Waals surface area (Å²) in [6.07, 6.45) is 1.25. The monoisotopic (exact) mass is 498 g/mol. The molecule has 9 nitrogen and oxygen atoms in total. The molecule has 2 N–H and O–H groups in total. The summed E-state index contributed by atoms with van der Waals surface area (Å²) in [6.45, 7) is -0.142. The lowest BCUT2D eigenvalue weighted by Crippen LogP contribution is -2.49. The molecule has 1 aliphatic heterocycles. The first kappa shape index (κ1) is 24.6. The first-order valence-corrected chi connectivity index (χ1v) is 10.5. The second-order valence-corrected chi connectivity index (χ2v) is 7.85. The lowest BCUT2D eigenvalue weighted by atomic mass is 10.1. The fourth-order valence-electron chi connectivity index (χ4n) is 3.88. The molecule has 2 aromatic carbocycles. The van der Waals surface area contributed by atoms with Crippen molar-refractivity contribution in [1.29, 1.82) is 0 Å². The number of likely N-dealkylation sites (N-methyl/N-ethyl adjacent to an activating group) is 1. The smallest absolute Gasteiger partial charge is 0.291 e. The number of pyridine rings is 1. The van der Waals surface area contributed by atoms with Crippen molar-refractivity contribution in [2.75, 3.05) is 18.6 Å². The van der Waals surface area contributed by atoms with Gasteiger partial charge in [0.25, 0.3) is 11.8 Å². The molecule has 0 saturated carbocycles. The van der Waals surface area contributed by atoms with Crippen molar-refractivity contribution in [2.45, 2.75) is 19.9 Å². The Balaban J connectivity index is 0.00000304. The third kappa shape index (κ3) is 4.44. The van der Waals surface area contributed by atoms with Gasteiger partial charge in [-0.05, 0) is 24.3 Å². The summed E-state index contributed by atoms with van der Waals surface area (Å²) in [5, 5.41) is 9.43. The third-order valence-electron chi connectivity index (χ3n) is 5.58. The summed E-state index contributed by atoms with van der Waals surface area (Å²) >= 11 is 0. The van der Waals surface area contributed by atoms with Gasteiger partial charge in [-0.1, -0.05) is 7.43 Å². The molecule has 2 aromatic heterocycles. The summed E-state index contributed by atoms with van der Waals surface area (Å²) in [7, 11) is 1.57. The van der Waals surface area contributed by atoms with Crippen LogP contribution in [0.3, 0.4) is 0 Å². The maximum absolute atomic E-state index is 13.9. The molecule has 5 rings (SSSR count). The van der Waals surface area contributed by atoms with E-state index in [9.17, 15) is 22.8 Å². The third-order valence-corrected chi connectivity index (χ3v) is 5.58. The van der Waals surface area contributed by atoms with E-state index in [1.54, 1.807) is 31.4 Å². The number of ether oxygens (including phenoxy) is 1. The minimum atomic E-state index is -1.09.